The first-order chi connectivity index (χ1) is 15.0. The monoisotopic (exact) mass is 406 g/mol. The van der Waals surface area contributed by atoms with Gasteiger partial charge in [0.2, 0.25) is 5.91 Å². The predicted octanol–water partition coefficient (Wildman–Crippen LogP) is 6.83. The first-order valence-electron chi connectivity index (χ1n) is 10.5. The molecule has 3 heteroatoms. The van der Waals surface area contributed by atoms with Crippen molar-refractivity contribution in [2.75, 3.05) is 5.32 Å². The highest BCUT2D eigenvalue weighted by Crippen LogP contribution is 2.34. The molecule has 0 aliphatic heterocycles. The first-order valence-corrected chi connectivity index (χ1v) is 10.5. The zero-order valence-electron chi connectivity index (χ0n) is 17.9. The fourth-order valence-electron chi connectivity index (χ4n) is 3.69. The van der Waals surface area contributed by atoms with E-state index in [1.165, 1.54) is 0 Å². The van der Waals surface area contributed by atoms with Crippen LogP contribution in [0.15, 0.2) is 97.2 Å². The van der Waals surface area contributed by atoms with Crippen molar-refractivity contribution >= 4 is 34.1 Å². The van der Waals surface area contributed by atoms with Crippen LogP contribution in [-0.4, -0.2) is 10.9 Å². The summed E-state index contributed by atoms with van der Waals surface area (Å²) in [5.74, 6) is -0.0273. The summed E-state index contributed by atoms with van der Waals surface area (Å²) in [5.41, 5.74) is 4.30. The number of fused-ring (bicyclic) bond motifs is 1. The van der Waals surface area contributed by atoms with Gasteiger partial charge in [0.25, 0.3) is 0 Å². The van der Waals surface area contributed by atoms with Gasteiger partial charge in [0, 0.05) is 17.0 Å². The van der Waals surface area contributed by atoms with Crippen LogP contribution in [0.3, 0.4) is 0 Å². The molecule has 0 bridgehead atoms. The van der Waals surface area contributed by atoms with Crippen molar-refractivity contribution in [3.63, 3.8) is 0 Å². The third kappa shape index (κ3) is 4.89. The molecule has 154 valence electrons. The topological polar surface area (TPSA) is 42.0 Å². The van der Waals surface area contributed by atoms with Crippen LogP contribution in [0.2, 0.25) is 0 Å². The van der Waals surface area contributed by atoms with Crippen LogP contribution in [0.5, 0.6) is 0 Å². The second kappa shape index (κ2) is 8.97. The minimum absolute atomic E-state index is 0.0273. The van der Waals surface area contributed by atoms with E-state index in [-0.39, 0.29) is 5.91 Å². The Morgan fingerprint density at radius 3 is 2.29 bits per heavy atom. The number of pyridine rings is 1. The fraction of sp³-hybridized carbons (Fsp3) is 0.143. The number of nitrogens with one attached hydrogen (secondary N) is 1. The van der Waals surface area contributed by atoms with Gasteiger partial charge in [0.1, 0.15) is 0 Å². The molecule has 0 saturated carbocycles. The molecule has 1 N–H and O–H groups in total. The number of allylic oxidation sites excluding steroid dienone is 1. The van der Waals surface area contributed by atoms with Crippen LogP contribution < -0.4 is 5.32 Å². The van der Waals surface area contributed by atoms with Gasteiger partial charge >= 0.3 is 0 Å². The minimum Gasteiger partial charge on any atom is -0.324 e. The second-order valence-corrected chi connectivity index (χ2v) is 8.34. The Balaban J connectivity index is 1.62. The largest absolute Gasteiger partial charge is 0.324 e. The molecular weight excluding hydrogens is 380 g/mol. The lowest BCUT2D eigenvalue weighted by molar-refractivity contribution is -0.123. The fourth-order valence-corrected chi connectivity index (χ4v) is 3.69. The van der Waals surface area contributed by atoms with Gasteiger partial charge in [-0.15, -0.1) is 0 Å². The number of hydrogen-bond donors (Lipinski definition) is 1. The molecule has 1 heterocycles. The molecule has 1 amide bonds. The van der Waals surface area contributed by atoms with Gasteiger partial charge in [0.05, 0.1) is 11.2 Å². The average Bonchev–Trinajstić information content (AvgIpc) is 2.80. The average molecular weight is 407 g/mol. The molecule has 0 spiro atoms. The quantitative estimate of drug-likeness (QED) is 0.357. The van der Waals surface area contributed by atoms with Crippen molar-refractivity contribution < 1.29 is 4.79 Å². The van der Waals surface area contributed by atoms with Crippen LogP contribution in [0.25, 0.3) is 22.6 Å². The molecule has 4 rings (SSSR count). The molecule has 4 aromatic rings. The molecule has 0 radical (unpaired) electrons. The molecule has 0 saturated heterocycles. The van der Waals surface area contributed by atoms with Gasteiger partial charge in [-0.1, -0.05) is 98.8 Å². The van der Waals surface area contributed by atoms with Crippen LogP contribution in [0, 0.1) is 5.41 Å². The summed E-state index contributed by atoms with van der Waals surface area (Å²) < 4.78 is 0. The van der Waals surface area contributed by atoms with E-state index >= 15 is 0 Å². The smallest absolute Gasteiger partial charge is 0.230 e. The van der Waals surface area contributed by atoms with E-state index in [1.807, 2.05) is 80.6 Å². The lowest BCUT2D eigenvalue weighted by atomic mass is 9.81. The summed E-state index contributed by atoms with van der Waals surface area (Å²) >= 11 is 0. The third-order valence-electron chi connectivity index (χ3n) is 5.41. The molecule has 0 aliphatic carbocycles. The predicted molar refractivity (Wildman–Crippen MR) is 130 cm³/mol. The minimum atomic E-state index is -0.618. The standard InChI is InChI=1S/C28H26N2O/c1-28(2,27(31)30-25-17-9-15-23-16-10-18-29-26(23)25)20-24(22-13-7-4-8-14-22)19-21-11-5-3-6-12-21/h3-19H,20H2,1-2H3,(H,30,31)/b24-19-. The summed E-state index contributed by atoms with van der Waals surface area (Å²) in [6.45, 7) is 3.98. The summed E-state index contributed by atoms with van der Waals surface area (Å²) in [7, 11) is 0. The Labute approximate surface area is 183 Å². The maximum absolute atomic E-state index is 13.3. The van der Waals surface area contributed by atoms with Gasteiger partial charge in [0.15, 0.2) is 0 Å². The maximum atomic E-state index is 13.3. The molecule has 0 aliphatic rings. The number of para-hydroxylation sites is 1. The summed E-state index contributed by atoms with van der Waals surface area (Å²) in [6.07, 6.45) is 4.53. The van der Waals surface area contributed by atoms with Crippen LogP contribution in [-0.2, 0) is 4.79 Å². The summed E-state index contributed by atoms with van der Waals surface area (Å²) in [6, 6.07) is 30.2. The number of carbonyl (C=O) groups excluding carboxylic acids is 1. The number of hydrogen-bond acceptors (Lipinski definition) is 2. The number of benzene rings is 3. The molecule has 0 unspecified atom stereocenters. The normalized spacial score (nSPS) is 12.0. The van der Waals surface area contributed by atoms with Crippen molar-refractivity contribution in [2.45, 2.75) is 20.3 Å². The highest BCUT2D eigenvalue weighted by atomic mass is 16.2. The third-order valence-corrected chi connectivity index (χ3v) is 5.41. The van der Waals surface area contributed by atoms with Crippen LogP contribution in [0.4, 0.5) is 5.69 Å². The Morgan fingerprint density at radius 2 is 1.55 bits per heavy atom. The van der Waals surface area contributed by atoms with Gasteiger partial charge in [-0.2, -0.15) is 0 Å². The number of aromatic nitrogens is 1. The van der Waals surface area contributed by atoms with Crippen LogP contribution >= 0.6 is 0 Å². The Hall–Kier alpha value is -3.72. The number of carbonyl (C=O) groups is 1. The molecule has 1 aromatic heterocycles. The highest BCUT2D eigenvalue weighted by Gasteiger charge is 2.29. The van der Waals surface area contributed by atoms with Gasteiger partial charge < -0.3 is 5.32 Å². The zero-order chi connectivity index (χ0) is 21.7. The molecule has 3 aromatic carbocycles. The Kier molecular flexibility index (Phi) is 5.94. The van der Waals surface area contributed by atoms with E-state index in [0.29, 0.717) is 6.42 Å². The van der Waals surface area contributed by atoms with E-state index in [0.717, 1.165) is 33.3 Å². The van der Waals surface area contributed by atoms with Crippen molar-refractivity contribution in [2.24, 2.45) is 5.41 Å². The molecule has 3 nitrogen and oxygen atoms in total. The van der Waals surface area contributed by atoms with E-state index in [2.05, 4.69) is 40.6 Å². The van der Waals surface area contributed by atoms with E-state index in [1.54, 1.807) is 6.20 Å². The number of nitrogens with zero attached hydrogens (tertiary/aromatic N) is 1. The molecule has 0 fully saturated rings. The van der Waals surface area contributed by atoms with Gasteiger partial charge in [-0.3, -0.25) is 9.78 Å². The molecule has 0 atom stereocenters. The number of anilines is 1. The maximum Gasteiger partial charge on any atom is 0.230 e. The SMILES string of the molecule is CC(C)(C/C(=C/c1ccccc1)c1ccccc1)C(=O)Nc1cccc2cccnc12. The molecular formula is C28H26N2O. The Morgan fingerprint density at radius 1 is 0.871 bits per heavy atom. The van der Waals surface area contributed by atoms with E-state index in [9.17, 15) is 4.79 Å². The van der Waals surface area contributed by atoms with Gasteiger partial charge in [-0.25, -0.2) is 0 Å². The zero-order valence-corrected chi connectivity index (χ0v) is 17.9. The Bertz CT molecular complexity index is 1210. The lowest BCUT2D eigenvalue weighted by Gasteiger charge is -2.26. The number of rotatable bonds is 6. The lowest BCUT2D eigenvalue weighted by Crippen LogP contribution is -2.31. The van der Waals surface area contributed by atoms with E-state index in [4.69, 9.17) is 0 Å². The summed E-state index contributed by atoms with van der Waals surface area (Å²) in [5, 5.41) is 4.12. The van der Waals surface area contributed by atoms with Gasteiger partial charge in [-0.05, 0) is 35.3 Å². The van der Waals surface area contributed by atoms with Crippen LogP contribution in [0.1, 0.15) is 31.4 Å². The van der Waals surface area contributed by atoms with E-state index < -0.39 is 5.41 Å². The first kappa shape index (κ1) is 20.5. The molecule has 31 heavy (non-hydrogen) atoms. The van der Waals surface area contributed by atoms with Crippen molar-refractivity contribution in [1.82, 2.24) is 4.98 Å². The summed E-state index contributed by atoms with van der Waals surface area (Å²) in [4.78, 5) is 17.8. The van der Waals surface area contributed by atoms with Crippen molar-refractivity contribution in [3.05, 3.63) is 108 Å². The van der Waals surface area contributed by atoms with Crippen molar-refractivity contribution in [3.8, 4) is 0 Å². The second-order valence-electron chi connectivity index (χ2n) is 8.34. The van der Waals surface area contributed by atoms with Crippen molar-refractivity contribution in [1.29, 1.82) is 0 Å². The number of amides is 1. The highest BCUT2D eigenvalue weighted by molar-refractivity contribution is 6.03.